The minimum Gasteiger partial charge on any atom is -0.492 e. The van der Waals surface area contributed by atoms with Gasteiger partial charge in [0.05, 0.1) is 11.1 Å². The number of fused-ring (bicyclic) bond motifs is 1. The Bertz CT molecular complexity index is 797. The molecule has 0 amide bonds. The number of nitrogens with zero attached hydrogens (tertiary/aromatic N) is 2. The number of hydrogen-bond donors (Lipinski definition) is 1. The summed E-state index contributed by atoms with van der Waals surface area (Å²) >= 11 is 0. The average Bonchev–Trinajstić information content (AvgIpc) is 2.93. The molecule has 6 nitrogen and oxygen atoms in total. The molecule has 1 atom stereocenters. The van der Waals surface area contributed by atoms with Crippen LogP contribution in [0.4, 0.5) is 0 Å². The molecule has 2 aromatic rings. The summed E-state index contributed by atoms with van der Waals surface area (Å²) in [6.07, 6.45) is 6.52. The van der Waals surface area contributed by atoms with Crippen molar-refractivity contribution in [2.24, 2.45) is 7.05 Å². The van der Waals surface area contributed by atoms with E-state index in [0.29, 0.717) is 23.3 Å². The molecule has 3 rings (SSSR count). The zero-order chi connectivity index (χ0) is 17.2. The first-order valence-corrected chi connectivity index (χ1v) is 10.0. The van der Waals surface area contributed by atoms with Crippen molar-refractivity contribution in [1.29, 1.82) is 0 Å². The molecule has 1 aliphatic carbocycles. The van der Waals surface area contributed by atoms with Crippen LogP contribution in [0.3, 0.4) is 0 Å². The number of rotatable bonds is 6. The monoisotopic (exact) mass is 349 g/mol. The third-order valence-electron chi connectivity index (χ3n) is 4.39. The summed E-state index contributed by atoms with van der Waals surface area (Å²) in [5.74, 6) is 0.676. The number of aryl methyl sites for hydroxylation is 1. The minimum absolute atomic E-state index is 0.305. The van der Waals surface area contributed by atoms with Gasteiger partial charge in [-0.05, 0) is 43.5 Å². The Morgan fingerprint density at radius 1 is 1.33 bits per heavy atom. The molecule has 0 spiro atoms. The van der Waals surface area contributed by atoms with E-state index in [-0.39, 0.29) is 0 Å². The summed E-state index contributed by atoms with van der Waals surface area (Å²) in [5.41, 5.74) is 2.61. The Hall–Kier alpha value is -1.86. The molecule has 0 saturated carbocycles. The fraction of sp³-hybridized carbons (Fsp3) is 0.471. The van der Waals surface area contributed by atoms with E-state index in [4.69, 9.17) is 4.74 Å². The summed E-state index contributed by atoms with van der Waals surface area (Å²) < 4.78 is 30.5. The highest BCUT2D eigenvalue weighted by atomic mass is 32.2. The quantitative estimate of drug-likeness (QED) is 0.806. The molecule has 1 heterocycles. The largest absolute Gasteiger partial charge is 0.492 e. The number of hydrogen-bond acceptors (Lipinski definition) is 5. The molecular weight excluding hydrogens is 326 g/mol. The fourth-order valence-corrected chi connectivity index (χ4v) is 3.73. The molecule has 24 heavy (non-hydrogen) atoms. The van der Waals surface area contributed by atoms with Crippen molar-refractivity contribution in [2.45, 2.75) is 30.2 Å². The van der Waals surface area contributed by atoms with E-state index in [9.17, 15) is 8.42 Å². The lowest BCUT2D eigenvalue weighted by atomic mass is 9.93. The van der Waals surface area contributed by atoms with Crippen LogP contribution in [-0.2, 0) is 23.3 Å². The first kappa shape index (κ1) is 17.0. The highest BCUT2D eigenvalue weighted by molar-refractivity contribution is 7.90. The van der Waals surface area contributed by atoms with E-state index >= 15 is 0 Å². The number of benzene rings is 1. The molecule has 130 valence electrons. The molecule has 0 radical (unpaired) electrons. The first-order valence-electron chi connectivity index (χ1n) is 8.12. The Morgan fingerprint density at radius 3 is 2.79 bits per heavy atom. The van der Waals surface area contributed by atoms with E-state index in [1.54, 1.807) is 24.3 Å². The molecule has 0 aliphatic heterocycles. The van der Waals surface area contributed by atoms with E-state index in [2.05, 4.69) is 10.4 Å². The standard InChI is InChI=1S/C17H23N3O3S/c1-20-17-5-3-4-16(15(17)12-19-20)18-10-11-23-13-6-8-14(9-7-13)24(2,21)22/h6-9,12,16,18H,3-5,10-11H2,1-2H3. The van der Waals surface area contributed by atoms with Gasteiger partial charge in [-0.2, -0.15) is 5.10 Å². The highest BCUT2D eigenvalue weighted by Gasteiger charge is 2.22. The van der Waals surface area contributed by atoms with Gasteiger partial charge < -0.3 is 10.1 Å². The smallest absolute Gasteiger partial charge is 0.175 e. The molecule has 7 heteroatoms. The van der Waals surface area contributed by atoms with Crippen molar-refractivity contribution >= 4 is 9.84 Å². The number of aromatic nitrogens is 2. The maximum atomic E-state index is 11.4. The van der Waals surface area contributed by atoms with Crippen LogP contribution < -0.4 is 10.1 Å². The van der Waals surface area contributed by atoms with Gasteiger partial charge in [-0.25, -0.2) is 8.42 Å². The van der Waals surface area contributed by atoms with Crippen LogP contribution in [0.25, 0.3) is 0 Å². The van der Waals surface area contributed by atoms with Crippen LogP contribution in [0.15, 0.2) is 35.4 Å². The Balaban J connectivity index is 1.49. The van der Waals surface area contributed by atoms with Crippen LogP contribution >= 0.6 is 0 Å². The molecular formula is C17H23N3O3S. The number of ether oxygens (including phenoxy) is 1. The zero-order valence-corrected chi connectivity index (χ0v) is 14.8. The zero-order valence-electron chi connectivity index (χ0n) is 14.0. The van der Waals surface area contributed by atoms with E-state index in [1.165, 1.54) is 17.5 Å². The Morgan fingerprint density at radius 2 is 2.08 bits per heavy atom. The summed E-state index contributed by atoms with van der Waals surface area (Å²) in [5, 5.41) is 7.87. The van der Waals surface area contributed by atoms with Crippen LogP contribution in [0.5, 0.6) is 5.75 Å². The van der Waals surface area contributed by atoms with Gasteiger partial charge in [0.2, 0.25) is 0 Å². The van der Waals surface area contributed by atoms with Crippen LogP contribution in [0, 0.1) is 0 Å². The Labute approximate surface area is 142 Å². The third kappa shape index (κ3) is 3.79. The van der Waals surface area contributed by atoms with Crippen molar-refractivity contribution in [3.63, 3.8) is 0 Å². The van der Waals surface area contributed by atoms with Gasteiger partial charge in [-0.3, -0.25) is 4.68 Å². The lowest BCUT2D eigenvalue weighted by molar-refractivity contribution is 0.300. The second kappa shape index (κ2) is 6.94. The van der Waals surface area contributed by atoms with Gasteiger partial charge in [0.1, 0.15) is 12.4 Å². The first-order chi connectivity index (χ1) is 11.4. The molecule has 1 unspecified atom stereocenters. The summed E-state index contributed by atoms with van der Waals surface area (Å²) in [6, 6.07) is 6.85. The molecule has 0 bridgehead atoms. The SMILES string of the molecule is Cn1ncc2c1CCCC2NCCOc1ccc(S(C)(=O)=O)cc1. The van der Waals surface area contributed by atoms with Crippen molar-refractivity contribution in [2.75, 3.05) is 19.4 Å². The predicted molar refractivity (Wildman–Crippen MR) is 91.9 cm³/mol. The molecule has 1 aromatic heterocycles. The van der Waals surface area contributed by atoms with E-state index < -0.39 is 9.84 Å². The van der Waals surface area contributed by atoms with Gasteiger partial charge in [0.15, 0.2) is 9.84 Å². The van der Waals surface area contributed by atoms with Crippen molar-refractivity contribution < 1.29 is 13.2 Å². The second-order valence-corrected chi connectivity index (χ2v) is 8.18. The van der Waals surface area contributed by atoms with Gasteiger partial charge in [0.25, 0.3) is 0 Å². The molecule has 1 aromatic carbocycles. The lowest BCUT2D eigenvalue weighted by Gasteiger charge is -2.24. The molecule has 0 saturated heterocycles. The second-order valence-electron chi connectivity index (χ2n) is 6.16. The van der Waals surface area contributed by atoms with Gasteiger partial charge in [-0.1, -0.05) is 0 Å². The summed E-state index contributed by atoms with van der Waals surface area (Å²) in [4.78, 5) is 0.305. The normalized spacial score (nSPS) is 17.5. The van der Waals surface area contributed by atoms with Crippen molar-refractivity contribution in [3.8, 4) is 5.75 Å². The maximum absolute atomic E-state index is 11.4. The average molecular weight is 349 g/mol. The van der Waals surface area contributed by atoms with Crippen LogP contribution in [0.2, 0.25) is 0 Å². The van der Waals surface area contributed by atoms with Crippen LogP contribution in [0.1, 0.15) is 30.1 Å². The summed E-state index contributed by atoms with van der Waals surface area (Å²) in [7, 11) is -1.17. The van der Waals surface area contributed by atoms with Crippen molar-refractivity contribution in [1.82, 2.24) is 15.1 Å². The molecule has 0 fully saturated rings. The maximum Gasteiger partial charge on any atom is 0.175 e. The summed E-state index contributed by atoms with van der Waals surface area (Å²) in [6.45, 7) is 1.26. The topological polar surface area (TPSA) is 73.2 Å². The lowest BCUT2D eigenvalue weighted by Crippen LogP contribution is -2.28. The van der Waals surface area contributed by atoms with E-state index in [1.807, 2.05) is 17.9 Å². The van der Waals surface area contributed by atoms with E-state index in [0.717, 1.165) is 25.8 Å². The molecule has 1 aliphatic rings. The van der Waals surface area contributed by atoms with Gasteiger partial charge in [-0.15, -0.1) is 0 Å². The van der Waals surface area contributed by atoms with Gasteiger partial charge >= 0.3 is 0 Å². The predicted octanol–water partition coefficient (Wildman–Crippen LogP) is 1.87. The third-order valence-corrected chi connectivity index (χ3v) is 5.52. The highest BCUT2D eigenvalue weighted by Crippen LogP contribution is 2.28. The van der Waals surface area contributed by atoms with Crippen molar-refractivity contribution in [3.05, 3.63) is 41.7 Å². The fourth-order valence-electron chi connectivity index (χ4n) is 3.10. The van der Waals surface area contributed by atoms with Crippen LogP contribution in [-0.4, -0.2) is 37.6 Å². The minimum atomic E-state index is -3.16. The Kier molecular flexibility index (Phi) is 4.91. The molecule has 1 N–H and O–H groups in total. The van der Waals surface area contributed by atoms with Gasteiger partial charge in [0, 0.05) is 37.1 Å². The number of nitrogens with one attached hydrogen (secondary N) is 1. The number of sulfone groups is 1.